The molecular weight excluding hydrogens is 1090 g/mol. The van der Waals surface area contributed by atoms with E-state index in [0.29, 0.717) is 27.9 Å². The maximum Gasteiger partial charge on any atom is 0.247 e. The fourth-order valence-electron chi connectivity index (χ4n) is 9.72. The first-order chi connectivity index (χ1) is 37.4. The van der Waals surface area contributed by atoms with Crippen molar-refractivity contribution in [3.8, 4) is 15.4 Å². The molecule has 21 nitrogen and oxygen atoms in total. The van der Waals surface area contributed by atoms with Gasteiger partial charge in [-0.3, -0.25) is 47.9 Å². The van der Waals surface area contributed by atoms with Gasteiger partial charge in [0.1, 0.15) is 47.1 Å². The molecule has 0 unspecified atom stereocenters. The molecule has 3 aliphatic heterocycles. The second kappa shape index (κ2) is 24.2. The molecule has 2 saturated heterocycles. The van der Waals surface area contributed by atoms with Gasteiger partial charge in [-0.2, -0.15) is 0 Å². The molecule has 8 rings (SSSR count). The number of aromatic nitrogens is 3. The number of aliphatic hydroxyl groups is 1. The van der Waals surface area contributed by atoms with Crippen LogP contribution in [0, 0.1) is 33.1 Å². The number of carbonyl (C=O) groups is 8. The molecule has 0 bridgehead atoms. The van der Waals surface area contributed by atoms with Crippen LogP contribution in [-0.4, -0.2) is 151 Å². The number of carbonyl (C=O) groups excluding carboxylic acids is 8. The van der Waals surface area contributed by atoms with E-state index < -0.39 is 108 Å². The second-order valence-electron chi connectivity index (χ2n) is 20.9. The van der Waals surface area contributed by atoms with Crippen LogP contribution in [0.1, 0.15) is 90.0 Å². The van der Waals surface area contributed by atoms with Crippen molar-refractivity contribution in [2.75, 3.05) is 38.2 Å². The molecule has 0 spiro atoms. The monoisotopic (exact) mass is 1150 g/mol. The molecule has 0 aliphatic carbocycles. The van der Waals surface area contributed by atoms with E-state index in [1.54, 1.807) is 75.4 Å². The van der Waals surface area contributed by atoms with Gasteiger partial charge in [0.05, 0.1) is 30.5 Å². The molecule has 3 aliphatic rings. The van der Waals surface area contributed by atoms with Crippen LogP contribution in [0.3, 0.4) is 0 Å². The Hall–Kier alpha value is -6.99. The summed E-state index contributed by atoms with van der Waals surface area (Å²) in [4.78, 5) is 122. The predicted octanol–water partition coefficient (Wildman–Crippen LogP) is 3.35. The van der Waals surface area contributed by atoms with Gasteiger partial charge in [-0.25, -0.2) is 0 Å². The van der Waals surface area contributed by atoms with Crippen molar-refractivity contribution in [3.63, 3.8) is 0 Å². The number of likely N-dealkylation sites (N-methyl/N-ethyl adjacent to an activating group) is 1. The lowest BCUT2D eigenvalue weighted by Crippen LogP contribution is -2.58. The zero-order valence-electron chi connectivity index (χ0n) is 44.8. The third-order valence-corrected chi connectivity index (χ3v) is 17.7. The molecule has 0 radical (unpaired) electrons. The third-order valence-electron chi connectivity index (χ3n) is 14.1. The quantitative estimate of drug-likeness (QED) is 0.118. The Morgan fingerprint density at radius 3 is 2.24 bits per heavy atom. The highest BCUT2D eigenvalue weighted by Crippen LogP contribution is 2.40. The highest BCUT2D eigenvalue weighted by Gasteiger charge is 2.46. The van der Waals surface area contributed by atoms with E-state index in [0.717, 1.165) is 59.2 Å². The fraction of sp³-hybridized carbons (Fsp3) is 0.426. The molecule has 8 amide bonds. The minimum Gasteiger partial charge on any atom is -0.391 e. The predicted molar refractivity (Wildman–Crippen MR) is 302 cm³/mol. The first-order valence-corrected chi connectivity index (χ1v) is 28.7. The summed E-state index contributed by atoms with van der Waals surface area (Å²) in [6, 6.07) is 8.35. The normalized spacial score (nSPS) is 23.0. The molecular formula is C54H63ClN12O9S3. The third kappa shape index (κ3) is 12.9. The number of aliphatic hydroxyl groups excluding tert-OH is 1. The van der Waals surface area contributed by atoms with Crippen LogP contribution in [0.2, 0.25) is 5.02 Å². The Morgan fingerprint density at radius 2 is 1.58 bits per heavy atom. The topological polar surface area (TPSA) is 293 Å². The second-order valence-corrected chi connectivity index (χ2v) is 24.5. The van der Waals surface area contributed by atoms with Crippen molar-refractivity contribution < 1.29 is 43.5 Å². The van der Waals surface area contributed by atoms with E-state index in [-0.39, 0.29) is 30.9 Å². The zero-order valence-corrected chi connectivity index (χ0v) is 48.0. The number of hydrogen-bond acceptors (Lipinski definition) is 15. The van der Waals surface area contributed by atoms with E-state index in [4.69, 9.17) is 22.3 Å². The molecule has 0 saturated carbocycles. The van der Waals surface area contributed by atoms with Crippen LogP contribution in [0.15, 0.2) is 65.0 Å². The summed E-state index contributed by atoms with van der Waals surface area (Å²) in [5.74, 6) is -5.67. The van der Waals surface area contributed by atoms with E-state index in [1.807, 2.05) is 48.9 Å². The van der Waals surface area contributed by atoms with E-state index in [9.17, 15) is 43.5 Å². The van der Waals surface area contributed by atoms with Crippen molar-refractivity contribution in [1.29, 1.82) is 0 Å². The lowest BCUT2D eigenvalue weighted by molar-refractivity contribution is -0.144. The zero-order chi connectivity index (χ0) is 57.2. The molecule has 79 heavy (non-hydrogen) atoms. The van der Waals surface area contributed by atoms with Gasteiger partial charge < -0.3 is 47.2 Å². The van der Waals surface area contributed by atoms with Gasteiger partial charge in [0, 0.05) is 58.2 Å². The van der Waals surface area contributed by atoms with Crippen molar-refractivity contribution in [3.05, 3.63) is 109 Å². The molecule has 25 heteroatoms. The molecule has 8 N–H and O–H groups in total. The maximum absolute atomic E-state index is 14.6. The van der Waals surface area contributed by atoms with Crippen molar-refractivity contribution in [2.45, 2.75) is 104 Å². The van der Waals surface area contributed by atoms with Crippen molar-refractivity contribution >= 4 is 99.0 Å². The first-order valence-electron chi connectivity index (χ1n) is 25.5. The van der Waals surface area contributed by atoms with E-state index in [1.165, 1.54) is 23.3 Å². The minimum atomic E-state index is -1.56. The summed E-state index contributed by atoms with van der Waals surface area (Å²) >= 11 is 10.3. The summed E-state index contributed by atoms with van der Waals surface area (Å²) in [5.41, 5.74) is 10.4. The van der Waals surface area contributed by atoms with Crippen LogP contribution in [0.25, 0.3) is 15.4 Å². The van der Waals surface area contributed by atoms with Gasteiger partial charge in [-0.15, -0.1) is 44.6 Å². The van der Waals surface area contributed by atoms with Gasteiger partial charge in [0.25, 0.3) is 0 Å². The van der Waals surface area contributed by atoms with Crippen molar-refractivity contribution in [1.82, 2.24) is 51.1 Å². The maximum atomic E-state index is 14.6. The smallest absolute Gasteiger partial charge is 0.247 e. The fourth-order valence-corrected chi connectivity index (χ4v) is 13.0. The molecule has 5 aromatic rings. The van der Waals surface area contributed by atoms with Crippen LogP contribution in [0.4, 0.5) is 0 Å². The van der Waals surface area contributed by atoms with Gasteiger partial charge >= 0.3 is 0 Å². The number of benzene rings is 2. The summed E-state index contributed by atoms with van der Waals surface area (Å²) in [5, 5.41) is 36.5. The number of amides is 8. The minimum absolute atomic E-state index is 0.172. The van der Waals surface area contributed by atoms with Gasteiger partial charge in [0.15, 0.2) is 5.82 Å². The average Bonchev–Trinajstić information content (AvgIpc) is 4.37. The number of nitrogens with two attached hydrogens (primary N) is 1. The molecule has 2 fully saturated rings. The number of aliphatic imine (C=N–C) groups is 1. The Kier molecular flexibility index (Phi) is 17.8. The van der Waals surface area contributed by atoms with Gasteiger partial charge in [-0.05, 0) is 78.9 Å². The molecule has 6 heterocycles. The Balaban J connectivity index is 1.09. The summed E-state index contributed by atoms with van der Waals surface area (Å²) in [6.45, 7) is 11.5. The highest BCUT2D eigenvalue weighted by molar-refractivity contribution is 8.00. The summed E-state index contributed by atoms with van der Waals surface area (Å²) < 4.78 is 1.88. The molecule has 418 valence electrons. The number of hydrogen-bond donors (Lipinski definition) is 7. The van der Waals surface area contributed by atoms with Crippen LogP contribution >= 0.6 is 46.0 Å². The number of nitrogens with one attached hydrogen (secondary N) is 5. The van der Waals surface area contributed by atoms with E-state index >= 15 is 0 Å². The number of primary amides is 1. The molecule has 7 atom stereocenters. The molecule has 3 aromatic heterocycles. The number of thiophene rings is 2. The number of nitrogens with zero attached hydrogens (tertiary/aromatic N) is 6. The number of fused-ring (bicyclic) bond motifs is 4. The highest BCUT2D eigenvalue weighted by atomic mass is 35.5. The SMILES string of the molecule is Cc1ccsc1-c1ccc([C@H]2NC(=O)[C@@H]3C[C@@H](O)CN3C(=O)[C@H](C(C)(C)C)NC(=O)CSC[C@H](C(N)=O)N(C)C(=O)[C@@H](CNC(=O)C[C@@H]3N=C(c4ccc(Cl)cc4)c4c(sc(C)c4C)-n4c(C)nnc43)NC(=O)CNC2=O)cc1. The summed E-state index contributed by atoms with van der Waals surface area (Å²) in [7, 11) is 1.29. The summed E-state index contributed by atoms with van der Waals surface area (Å²) in [6.07, 6.45) is -1.57. The Morgan fingerprint density at radius 1 is 0.886 bits per heavy atom. The van der Waals surface area contributed by atoms with Crippen LogP contribution in [-0.2, 0) is 38.4 Å². The van der Waals surface area contributed by atoms with Crippen molar-refractivity contribution in [2.24, 2.45) is 16.1 Å². The standard InChI is InChI=1S/C54H63ClN12O9S3/c1-26-17-18-78-45(26)32-11-9-31(10-12-32)44-50(74)58-22-40(70)59-36(21-57-39(69)20-35-48-64-63-29(4)67(48)53-42(27(2)28(3)79-53)43(60-35)30-13-15-33(55)16-14-30)51(75)65(8)38(47(56)72)24-77-25-41(71)61-46(54(5,6)7)52(76)66-23-34(68)19-37(66)49(73)62-44/h9-18,34-38,44,46,68H,19-25H2,1-8H3,(H2,56,72)(H,57,69)(H,58,74)(H,59,70)(H,61,71)(H,62,73)/t34-,35+,36-,37+,38-,44-,46-/m1/s1. The Labute approximate surface area is 473 Å². The lowest BCUT2D eigenvalue weighted by atomic mass is 9.85. The van der Waals surface area contributed by atoms with E-state index in [2.05, 4.69) is 36.8 Å². The number of thioether (sulfide) groups is 1. The number of aryl methyl sites for hydroxylation is 3. The van der Waals surface area contributed by atoms with Crippen LogP contribution < -0.4 is 32.3 Å². The number of halogens is 1. The largest absolute Gasteiger partial charge is 0.391 e. The first kappa shape index (κ1) is 58.2. The number of rotatable bonds is 8. The average molecular weight is 1160 g/mol. The Bertz CT molecular complexity index is 3220. The van der Waals surface area contributed by atoms with Crippen LogP contribution in [0.5, 0.6) is 0 Å². The van der Waals surface area contributed by atoms with Gasteiger partial charge in [0.2, 0.25) is 47.3 Å². The molecule has 2 aromatic carbocycles. The lowest BCUT2D eigenvalue weighted by Gasteiger charge is -2.35. The van der Waals surface area contributed by atoms with Gasteiger partial charge in [-0.1, -0.05) is 68.8 Å².